The van der Waals surface area contributed by atoms with Gasteiger partial charge in [-0.05, 0) is 194 Å². The molecule has 2 heterocycles. The van der Waals surface area contributed by atoms with Gasteiger partial charge in [0, 0.05) is 94.2 Å². The summed E-state index contributed by atoms with van der Waals surface area (Å²) in [6, 6.07) is 3.97. The molecule has 406 valence electrons. The monoisotopic (exact) mass is 1770 g/mol. The zero-order chi connectivity index (χ0) is 54.7. The van der Waals surface area contributed by atoms with Crippen molar-refractivity contribution in [1.82, 2.24) is 10.6 Å². The predicted octanol–water partition coefficient (Wildman–Crippen LogP) is 8.69. The first-order valence-electron chi connectivity index (χ1n) is 22.6. The Morgan fingerprint density at radius 3 is 1.64 bits per heavy atom. The summed E-state index contributed by atoms with van der Waals surface area (Å²) in [5.74, 6) is -3.05. The van der Waals surface area contributed by atoms with Crippen LogP contribution in [-0.4, -0.2) is 117 Å². The summed E-state index contributed by atoms with van der Waals surface area (Å²) < 4.78 is 140. The normalized spacial score (nSPS) is 19.0. The highest BCUT2D eigenvalue weighted by Gasteiger charge is 2.50. The molecule has 2 unspecified atom stereocenters. The average Bonchev–Trinajstić information content (AvgIpc) is 3.61. The van der Waals surface area contributed by atoms with Gasteiger partial charge in [-0.2, -0.15) is 29.8 Å². The highest BCUT2D eigenvalue weighted by atomic mass is 127. The number of hydrogen-bond donors (Lipinski definition) is 5. The Hall–Kier alpha value is -0.170. The van der Waals surface area contributed by atoms with Gasteiger partial charge in [-0.15, -0.1) is 0 Å². The van der Waals surface area contributed by atoms with E-state index < -0.39 is 74.4 Å². The van der Waals surface area contributed by atoms with Gasteiger partial charge in [0.05, 0.1) is 32.6 Å². The van der Waals surface area contributed by atoms with E-state index in [1.54, 1.807) is 16.7 Å². The average molecular weight is 1770 g/mol. The van der Waals surface area contributed by atoms with Gasteiger partial charge >= 0.3 is 10.1 Å². The number of carbonyl (C=O) groups excluding carboxylic acids is 2. The lowest BCUT2D eigenvalue weighted by Gasteiger charge is -2.31. The third-order valence-corrected chi connectivity index (χ3v) is 25.3. The fourth-order valence-electron chi connectivity index (χ4n) is 8.93. The van der Waals surface area contributed by atoms with Crippen molar-refractivity contribution in [3.8, 4) is 0 Å². The number of hydrogen-bond acceptors (Lipinski definition) is 12. The molecule has 0 saturated heterocycles. The summed E-state index contributed by atoms with van der Waals surface area (Å²) in [6.45, 7) is 4.02. The van der Waals surface area contributed by atoms with E-state index in [0.29, 0.717) is 62.8 Å². The molecule has 2 atom stereocenters. The number of benzene rings is 2. The van der Waals surface area contributed by atoms with Crippen LogP contribution in [0.25, 0.3) is 0 Å². The molecule has 0 spiro atoms. The summed E-state index contributed by atoms with van der Waals surface area (Å²) in [4.78, 5) is 26.8. The van der Waals surface area contributed by atoms with Gasteiger partial charge in [-0.1, -0.05) is 56.1 Å². The number of anilines is 1. The van der Waals surface area contributed by atoms with Gasteiger partial charge in [0.25, 0.3) is 26.1 Å². The largest absolute Gasteiger partial charge is 0.748 e. The second-order valence-corrected chi connectivity index (χ2v) is 30.5. The molecular weight excluding hydrogens is 1710 g/mol. The third-order valence-electron chi connectivity index (χ3n) is 12.2. The van der Waals surface area contributed by atoms with E-state index in [2.05, 4.69) is 164 Å². The first-order valence-corrected chi connectivity index (χ1v) is 35.5. The number of allylic oxidation sites excluding steroid dienone is 8. The van der Waals surface area contributed by atoms with Crippen LogP contribution in [0.4, 0.5) is 11.4 Å². The van der Waals surface area contributed by atoms with Crippen LogP contribution < -0.4 is 15.5 Å². The first kappa shape index (κ1) is 65.3. The Balaban J connectivity index is 1.65. The number of unbranched alkanes of at least 4 members (excludes halogenated alkanes) is 4. The molecule has 2 aromatic rings. The quantitative estimate of drug-likeness (QED) is 0.0133. The number of amides is 2. The number of carbonyl (C=O) groups is 2. The molecule has 0 saturated carbocycles. The smallest absolute Gasteiger partial charge is 0.326 e. The van der Waals surface area contributed by atoms with Crippen molar-refractivity contribution in [3.05, 3.63) is 92.9 Å². The molecule has 0 fully saturated rings. The Kier molecular flexibility index (Phi) is 25.3. The van der Waals surface area contributed by atoms with E-state index in [9.17, 15) is 52.4 Å². The van der Waals surface area contributed by atoms with Crippen LogP contribution in [0.15, 0.2) is 60.4 Å². The van der Waals surface area contributed by atoms with Crippen molar-refractivity contribution in [2.24, 2.45) is 0 Å². The number of nitrogens with zero attached hydrogens (tertiary/aromatic N) is 2. The van der Waals surface area contributed by atoms with Crippen molar-refractivity contribution < 1.29 is 66.0 Å². The van der Waals surface area contributed by atoms with Crippen LogP contribution in [0.5, 0.6) is 0 Å². The van der Waals surface area contributed by atoms with Crippen molar-refractivity contribution in [1.29, 1.82) is 0 Å². The standard InChI is InChI=1S/C45H56I6N4O14S4/c1-44(19-12-6-10-17-36(56)52-21-25-71(61,62)63)34(54(23-14-24-70(58,59)60)32-27-30(46)40(48)42(50)38(32)44)15-8-4-3-5-9-16-35-45(2,20-13-7-11-18-37(57)53-22-26-72(64,65)66)39-33(55(35)29-73(67,68)69)28-31(47)41(49)43(39)51/h3-5,8-9,15-16,27-28H,6-7,10-14,17-26,29H2,1-2H3,(H5-,52,53,56,57,58,59,60,61,62,63,64,65,66,67,68,69). The molecule has 73 heavy (non-hydrogen) atoms. The minimum absolute atomic E-state index is 0.0889. The fraction of sp³-hybridized carbons (Fsp3) is 0.489. The van der Waals surface area contributed by atoms with Gasteiger partial charge in [-0.25, -0.2) is 8.42 Å². The maximum atomic E-state index is 12.6. The molecule has 18 nitrogen and oxygen atoms in total. The highest BCUT2D eigenvalue weighted by Crippen LogP contribution is 2.54. The van der Waals surface area contributed by atoms with Gasteiger partial charge in [-0.3, -0.25) is 23.2 Å². The zero-order valence-corrected chi connectivity index (χ0v) is 55.8. The Bertz CT molecular complexity index is 3040. The van der Waals surface area contributed by atoms with E-state index in [1.165, 1.54) is 0 Å². The van der Waals surface area contributed by atoms with Gasteiger partial charge in [0.15, 0.2) is 5.71 Å². The lowest BCUT2D eigenvalue weighted by molar-refractivity contribution is -0.416. The van der Waals surface area contributed by atoms with Gasteiger partial charge in [0.2, 0.25) is 17.5 Å². The maximum absolute atomic E-state index is 12.6. The van der Waals surface area contributed by atoms with Crippen molar-refractivity contribution in [3.63, 3.8) is 0 Å². The van der Waals surface area contributed by atoms with E-state index in [1.807, 2.05) is 43.4 Å². The molecule has 0 radical (unpaired) electrons. The molecule has 2 aliphatic rings. The van der Waals surface area contributed by atoms with Crippen LogP contribution in [0.3, 0.4) is 0 Å². The maximum Gasteiger partial charge on any atom is 0.326 e. The van der Waals surface area contributed by atoms with Crippen molar-refractivity contribution in [2.45, 2.75) is 95.3 Å². The van der Waals surface area contributed by atoms with E-state index >= 15 is 0 Å². The number of fused-ring (bicyclic) bond motifs is 2. The predicted molar refractivity (Wildman–Crippen MR) is 332 cm³/mol. The topological polar surface area (TPSA) is 285 Å². The molecule has 4 rings (SSSR count). The number of halogens is 6. The van der Waals surface area contributed by atoms with Crippen LogP contribution in [-0.2, 0) is 60.9 Å². The summed E-state index contributed by atoms with van der Waals surface area (Å²) in [7, 11) is -17.4. The SMILES string of the molecule is CC1(CCCCCC(=O)NCCS(=O)(=O)O)C(=CC=CC=CC=CC2=[N+](CS(=O)(=O)O)c3cc(I)c(I)c(I)c3C2(C)CCCCCC(=O)NCCS(=O)(=O)O)N(CCCS(=O)(=O)[O-])c2cc(I)c(I)c(I)c21. The Labute approximate surface area is 510 Å². The minimum atomic E-state index is -4.51. The fourth-order valence-corrected chi connectivity index (χ4v) is 16.1. The molecule has 0 aromatic heterocycles. The summed E-state index contributed by atoms with van der Waals surface area (Å²) in [6.07, 6.45) is 18.2. The molecular formula is C45H56I6N4O14S4. The minimum Gasteiger partial charge on any atom is -0.748 e. The van der Waals surface area contributed by atoms with Gasteiger partial charge < -0.3 is 20.1 Å². The molecule has 5 N–H and O–H groups in total. The van der Waals surface area contributed by atoms with Gasteiger partial charge in [0.1, 0.15) is 0 Å². The lowest BCUT2D eigenvalue weighted by atomic mass is 9.75. The number of rotatable bonds is 28. The van der Waals surface area contributed by atoms with Crippen molar-refractivity contribution in [2.75, 3.05) is 47.7 Å². The summed E-state index contributed by atoms with van der Waals surface area (Å²) >= 11 is 13.7. The van der Waals surface area contributed by atoms with Crippen LogP contribution >= 0.6 is 136 Å². The van der Waals surface area contributed by atoms with E-state index in [-0.39, 0.29) is 50.7 Å². The Morgan fingerprint density at radius 1 is 0.630 bits per heavy atom. The summed E-state index contributed by atoms with van der Waals surface area (Å²) in [5.41, 5.74) is 3.74. The molecule has 2 aromatic carbocycles. The van der Waals surface area contributed by atoms with Crippen LogP contribution in [0.1, 0.15) is 95.6 Å². The second-order valence-electron chi connectivity index (χ2n) is 17.8. The van der Waals surface area contributed by atoms with E-state index in [0.717, 1.165) is 43.9 Å². The van der Waals surface area contributed by atoms with Crippen LogP contribution in [0.2, 0.25) is 0 Å². The molecule has 0 bridgehead atoms. The summed E-state index contributed by atoms with van der Waals surface area (Å²) in [5, 5.41) is 5.01. The van der Waals surface area contributed by atoms with E-state index in [4.69, 9.17) is 9.11 Å². The highest BCUT2D eigenvalue weighted by molar-refractivity contribution is 14.1. The lowest BCUT2D eigenvalue weighted by Crippen LogP contribution is -2.33. The second kappa shape index (κ2) is 28.3. The molecule has 28 heteroatoms. The first-order chi connectivity index (χ1) is 33.8. The Morgan fingerprint density at radius 2 is 1.12 bits per heavy atom. The zero-order valence-electron chi connectivity index (χ0n) is 39.6. The van der Waals surface area contributed by atoms with Crippen LogP contribution in [0, 0.1) is 21.4 Å². The van der Waals surface area contributed by atoms with Crippen molar-refractivity contribution >= 4 is 205 Å². The number of nitrogens with one attached hydrogen (secondary N) is 2. The third kappa shape index (κ3) is 19.6. The molecule has 2 aliphatic heterocycles. The molecule has 0 aliphatic carbocycles. The molecule has 2 amide bonds.